The largest absolute Gasteiger partial charge is 0.374 e. The summed E-state index contributed by atoms with van der Waals surface area (Å²) < 4.78 is 6.48. The fourth-order valence-corrected chi connectivity index (χ4v) is 4.59. The second-order valence-corrected chi connectivity index (χ2v) is 8.45. The van der Waals surface area contributed by atoms with Crippen LogP contribution in [0.5, 0.6) is 0 Å². The summed E-state index contributed by atoms with van der Waals surface area (Å²) in [5.74, 6) is 1.27. The van der Waals surface area contributed by atoms with Crippen molar-refractivity contribution in [1.82, 2.24) is 9.80 Å². The van der Waals surface area contributed by atoms with Crippen LogP contribution in [0.15, 0.2) is 0 Å². The van der Waals surface area contributed by atoms with Crippen molar-refractivity contribution in [2.24, 2.45) is 11.8 Å². The number of piperidine rings is 2. The minimum absolute atomic E-state index is 0.155. The highest BCUT2D eigenvalue weighted by Crippen LogP contribution is 2.41. The van der Waals surface area contributed by atoms with Crippen LogP contribution in [0.3, 0.4) is 0 Å². The second-order valence-electron chi connectivity index (χ2n) is 8.45. The molecule has 0 amide bonds. The number of hydrogen-bond donors (Lipinski definition) is 0. The molecule has 0 unspecified atom stereocenters. The first-order chi connectivity index (χ1) is 10.9. The molecular weight excluding hydrogens is 288 g/mol. The molecule has 132 valence electrons. The monoisotopic (exact) mass is 322 g/mol. The van der Waals surface area contributed by atoms with E-state index in [1.54, 1.807) is 0 Å². The molecular formula is C19H34N2O2. The molecule has 3 fully saturated rings. The third-order valence-corrected chi connectivity index (χ3v) is 6.11. The zero-order valence-corrected chi connectivity index (χ0v) is 15.3. The van der Waals surface area contributed by atoms with E-state index >= 15 is 0 Å². The fourth-order valence-electron chi connectivity index (χ4n) is 4.59. The molecule has 3 aliphatic rings. The van der Waals surface area contributed by atoms with Crippen molar-refractivity contribution < 1.29 is 9.53 Å². The van der Waals surface area contributed by atoms with Crippen LogP contribution in [0.25, 0.3) is 0 Å². The lowest BCUT2D eigenvalue weighted by Crippen LogP contribution is -2.45. The van der Waals surface area contributed by atoms with Gasteiger partial charge in [-0.3, -0.25) is 14.6 Å². The maximum Gasteiger partial charge on any atom is 0.149 e. The van der Waals surface area contributed by atoms with Crippen LogP contribution in [0.4, 0.5) is 0 Å². The molecule has 0 aromatic rings. The molecule has 0 radical (unpaired) electrons. The van der Waals surface area contributed by atoms with E-state index in [-0.39, 0.29) is 5.92 Å². The van der Waals surface area contributed by atoms with Gasteiger partial charge >= 0.3 is 0 Å². The SMILES string of the molecule is CC(C)C(=O)CN1CCC(O[C@H]2C[C@@H]3C[C@H]2CN3C(C)C)CC1. The number of fused-ring (bicyclic) bond motifs is 2. The first-order valence-electron chi connectivity index (χ1n) is 9.60. The molecule has 1 saturated carbocycles. The lowest BCUT2D eigenvalue weighted by molar-refractivity contribution is -0.124. The van der Waals surface area contributed by atoms with Crippen molar-refractivity contribution in [3.05, 3.63) is 0 Å². The van der Waals surface area contributed by atoms with Crippen molar-refractivity contribution in [2.75, 3.05) is 26.2 Å². The van der Waals surface area contributed by atoms with Gasteiger partial charge in [0.05, 0.1) is 18.8 Å². The summed E-state index contributed by atoms with van der Waals surface area (Å²) in [7, 11) is 0. The van der Waals surface area contributed by atoms with Crippen LogP contribution in [-0.2, 0) is 9.53 Å². The third-order valence-electron chi connectivity index (χ3n) is 6.11. The summed E-state index contributed by atoms with van der Waals surface area (Å²) in [6, 6.07) is 1.43. The molecule has 2 bridgehead atoms. The Morgan fingerprint density at radius 1 is 1.13 bits per heavy atom. The molecule has 0 aromatic heterocycles. The molecule has 0 aromatic carbocycles. The van der Waals surface area contributed by atoms with E-state index in [2.05, 4.69) is 23.6 Å². The van der Waals surface area contributed by atoms with Gasteiger partial charge in [0.25, 0.3) is 0 Å². The van der Waals surface area contributed by atoms with Gasteiger partial charge in [-0.25, -0.2) is 0 Å². The summed E-state index contributed by atoms with van der Waals surface area (Å²) in [5.41, 5.74) is 0. The Morgan fingerprint density at radius 3 is 2.35 bits per heavy atom. The zero-order chi connectivity index (χ0) is 16.6. The Kier molecular flexibility index (Phi) is 5.44. The van der Waals surface area contributed by atoms with E-state index in [0.29, 0.717) is 30.6 Å². The number of ether oxygens (including phenoxy) is 1. The molecule has 2 saturated heterocycles. The van der Waals surface area contributed by atoms with Gasteiger partial charge in [-0.05, 0) is 45.4 Å². The predicted octanol–water partition coefficient (Wildman–Crippen LogP) is 2.56. The van der Waals surface area contributed by atoms with Gasteiger partial charge in [0.1, 0.15) is 5.78 Å². The Morgan fingerprint density at radius 2 is 1.83 bits per heavy atom. The number of Topliss-reactive ketones (excluding diaryl/α,β-unsaturated/α-hetero) is 1. The van der Waals surface area contributed by atoms with E-state index in [0.717, 1.165) is 37.9 Å². The number of rotatable bonds is 6. The quantitative estimate of drug-likeness (QED) is 0.752. The smallest absolute Gasteiger partial charge is 0.149 e. The molecule has 0 N–H and O–H groups in total. The van der Waals surface area contributed by atoms with Crippen molar-refractivity contribution >= 4 is 5.78 Å². The molecule has 3 rings (SSSR count). The number of ketones is 1. The highest BCUT2D eigenvalue weighted by Gasteiger charge is 2.46. The molecule has 2 heterocycles. The van der Waals surface area contributed by atoms with Crippen molar-refractivity contribution in [1.29, 1.82) is 0 Å². The van der Waals surface area contributed by atoms with Gasteiger partial charge in [0.15, 0.2) is 0 Å². The van der Waals surface area contributed by atoms with Crippen LogP contribution in [0, 0.1) is 11.8 Å². The summed E-state index contributed by atoms with van der Waals surface area (Å²) in [4.78, 5) is 16.8. The molecule has 2 aliphatic heterocycles. The van der Waals surface area contributed by atoms with Gasteiger partial charge in [0.2, 0.25) is 0 Å². The van der Waals surface area contributed by atoms with Gasteiger partial charge in [0, 0.05) is 37.6 Å². The van der Waals surface area contributed by atoms with E-state index < -0.39 is 0 Å². The van der Waals surface area contributed by atoms with Crippen molar-refractivity contribution in [3.63, 3.8) is 0 Å². The first-order valence-corrected chi connectivity index (χ1v) is 9.60. The van der Waals surface area contributed by atoms with Gasteiger partial charge in [-0.15, -0.1) is 0 Å². The van der Waals surface area contributed by atoms with Crippen LogP contribution in [0.2, 0.25) is 0 Å². The Hall–Kier alpha value is -0.450. The van der Waals surface area contributed by atoms with Gasteiger partial charge in [-0.2, -0.15) is 0 Å². The maximum atomic E-state index is 11.9. The number of nitrogens with zero attached hydrogens (tertiary/aromatic N) is 2. The minimum Gasteiger partial charge on any atom is -0.374 e. The van der Waals surface area contributed by atoms with Crippen molar-refractivity contribution in [3.8, 4) is 0 Å². The zero-order valence-electron chi connectivity index (χ0n) is 15.3. The summed E-state index contributed by atoms with van der Waals surface area (Å²) in [5, 5.41) is 0. The highest BCUT2D eigenvalue weighted by molar-refractivity contribution is 5.82. The second kappa shape index (κ2) is 7.20. The molecule has 4 nitrogen and oxygen atoms in total. The maximum absolute atomic E-state index is 11.9. The average Bonchev–Trinajstić information content (AvgIpc) is 3.09. The molecule has 4 heteroatoms. The Bertz CT molecular complexity index is 416. The molecule has 0 spiro atoms. The lowest BCUT2D eigenvalue weighted by Gasteiger charge is -2.38. The first kappa shape index (κ1) is 17.4. The topological polar surface area (TPSA) is 32.8 Å². The number of hydrogen-bond acceptors (Lipinski definition) is 4. The summed E-state index contributed by atoms with van der Waals surface area (Å²) in [6.45, 7) is 12.5. The standard InChI is InChI=1S/C19H34N2O2/c1-13(2)18(22)12-20-7-5-17(6-8-20)23-19-10-16-9-15(19)11-21(16)14(3)4/h13-17,19H,5-12H2,1-4H3/t15-,16-,19-/m0/s1. The highest BCUT2D eigenvalue weighted by atomic mass is 16.5. The van der Waals surface area contributed by atoms with Crippen LogP contribution < -0.4 is 0 Å². The average molecular weight is 322 g/mol. The van der Waals surface area contributed by atoms with Crippen LogP contribution in [0.1, 0.15) is 53.4 Å². The Balaban J connectivity index is 1.40. The van der Waals surface area contributed by atoms with E-state index in [1.807, 2.05) is 13.8 Å². The molecule has 23 heavy (non-hydrogen) atoms. The summed E-state index contributed by atoms with van der Waals surface area (Å²) in [6.07, 6.45) is 5.65. The lowest BCUT2D eigenvalue weighted by atomic mass is 10.0. The summed E-state index contributed by atoms with van der Waals surface area (Å²) >= 11 is 0. The van der Waals surface area contributed by atoms with Crippen LogP contribution >= 0.6 is 0 Å². The van der Waals surface area contributed by atoms with Crippen LogP contribution in [-0.4, -0.2) is 66.1 Å². The Labute approximate surface area is 141 Å². The van der Waals surface area contributed by atoms with Gasteiger partial charge in [-0.1, -0.05) is 13.8 Å². The number of likely N-dealkylation sites (tertiary alicyclic amines) is 2. The predicted molar refractivity (Wildman–Crippen MR) is 92.5 cm³/mol. The normalized spacial score (nSPS) is 33.2. The fraction of sp³-hybridized carbons (Fsp3) is 0.947. The molecule has 1 aliphatic carbocycles. The molecule has 3 atom stereocenters. The number of carbonyl (C=O) groups is 1. The van der Waals surface area contributed by atoms with E-state index in [4.69, 9.17) is 4.74 Å². The minimum atomic E-state index is 0.155. The van der Waals surface area contributed by atoms with Crippen molar-refractivity contribution in [2.45, 2.75) is 77.7 Å². The van der Waals surface area contributed by atoms with E-state index in [1.165, 1.54) is 19.4 Å². The van der Waals surface area contributed by atoms with Gasteiger partial charge < -0.3 is 4.74 Å². The third kappa shape index (κ3) is 3.97. The number of carbonyl (C=O) groups excluding carboxylic acids is 1. The van der Waals surface area contributed by atoms with E-state index in [9.17, 15) is 4.79 Å².